The largest absolute Gasteiger partial charge is 0.317 e. The highest BCUT2D eigenvalue weighted by atomic mass is 79.9. The summed E-state index contributed by atoms with van der Waals surface area (Å²) < 4.78 is 3.10. The zero-order valence-electron chi connectivity index (χ0n) is 7.91. The van der Waals surface area contributed by atoms with E-state index in [0.29, 0.717) is 0 Å². The van der Waals surface area contributed by atoms with Crippen LogP contribution in [0.3, 0.4) is 0 Å². The van der Waals surface area contributed by atoms with E-state index in [1.807, 2.05) is 12.4 Å². The quantitative estimate of drug-likeness (QED) is 0.805. The summed E-state index contributed by atoms with van der Waals surface area (Å²) in [5, 5.41) is 7.74. The summed E-state index contributed by atoms with van der Waals surface area (Å²) in [5.74, 6) is 0.850. The van der Waals surface area contributed by atoms with Crippen LogP contribution in [-0.2, 0) is 5.54 Å². The second-order valence-electron chi connectivity index (χ2n) is 3.74. The number of halogens is 1. The molecule has 1 N–H and O–H groups in total. The Kier molecular flexibility index (Phi) is 3.19. The van der Waals surface area contributed by atoms with Gasteiger partial charge in [0.1, 0.15) is 0 Å². The first-order chi connectivity index (χ1) is 6.77. The molecule has 5 heteroatoms. The molecule has 0 saturated carbocycles. The highest BCUT2D eigenvalue weighted by Gasteiger charge is 2.33. The molecule has 0 atom stereocenters. The second kappa shape index (κ2) is 4.24. The average molecular weight is 276 g/mol. The van der Waals surface area contributed by atoms with E-state index in [1.54, 1.807) is 0 Å². The van der Waals surface area contributed by atoms with Crippen LogP contribution in [0.2, 0.25) is 0 Å². The monoisotopic (exact) mass is 275 g/mol. The number of rotatable bonds is 2. The summed E-state index contributed by atoms with van der Waals surface area (Å²) in [5.41, 5.74) is 0.111. The molecular weight excluding hydrogens is 262 g/mol. The maximum atomic E-state index is 4.47. The zero-order chi connectivity index (χ0) is 10.0. The van der Waals surface area contributed by atoms with Gasteiger partial charge in [-0.1, -0.05) is 0 Å². The van der Waals surface area contributed by atoms with Crippen LogP contribution >= 0.6 is 28.6 Å². The highest BCUT2D eigenvalue weighted by molar-refractivity contribution is 9.10. The second-order valence-corrected chi connectivity index (χ2v) is 4.97. The molecule has 0 bridgehead atoms. The van der Waals surface area contributed by atoms with Gasteiger partial charge in [0.25, 0.3) is 0 Å². The van der Waals surface area contributed by atoms with Gasteiger partial charge in [0.05, 0.1) is 16.2 Å². The average Bonchev–Trinajstić information content (AvgIpc) is 2.66. The molecule has 0 spiro atoms. The Labute approximate surface area is 97.8 Å². The Morgan fingerprint density at radius 2 is 2.29 bits per heavy atom. The van der Waals surface area contributed by atoms with Gasteiger partial charge in [-0.25, -0.2) is 0 Å². The van der Waals surface area contributed by atoms with Crippen molar-refractivity contribution in [1.29, 1.82) is 0 Å². The van der Waals surface area contributed by atoms with Crippen molar-refractivity contribution in [2.45, 2.75) is 18.4 Å². The van der Waals surface area contributed by atoms with E-state index in [2.05, 4.69) is 43.7 Å². The summed E-state index contributed by atoms with van der Waals surface area (Å²) in [7, 11) is 0. The lowest BCUT2D eigenvalue weighted by Gasteiger charge is -2.36. The third-order valence-corrected chi connectivity index (χ3v) is 3.86. The van der Waals surface area contributed by atoms with Crippen molar-refractivity contribution in [2.75, 3.05) is 18.8 Å². The molecule has 0 aliphatic carbocycles. The molecule has 78 valence electrons. The molecule has 1 fully saturated rings. The third-order valence-electron chi connectivity index (χ3n) is 2.87. The Hall–Kier alpha value is -0.0000000000000000763. The fraction of sp³-hybridized carbons (Fsp3) is 0.667. The molecule has 1 aromatic heterocycles. The van der Waals surface area contributed by atoms with Crippen LogP contribution < -0.4 is 5.32 Å². The molecule has 3 nitrogen and oxygen atoms in total. The molecule has 1 saturated heterocycles. The van der Waals surface area contributed by atoms with Gasteiger partial charge in [0, 0.05) is 11.9 Å². The van der Waals surface area contributed by atoms with Crippen molar-refractivity contribution in [3.05, 3.63) is 16.9 Å². The molecule has 14 heavy (non-hydrogen) atoms. The number of hydrogen-bond acceptors (Lipinski definition) is 3. The molecule has 1 aliphatic rings. The number of aromatic nitrogens is 2. The lowest BCUT2D eigenvalue weighted by molar-refractivity contribution is 0.216. The van der Waals surface area contributed by atoms with Crippen LogP contribution in [0.15, 0.2) is 16.9 Å². The number of piperidine rings is 1. The number of thiol groups is 1. The number of nitrogens with zero attached hydrogens (tertiary/aromatic N) is 2. The Morgan fingerprint density at radius 3 is 2.79 bits per heavy atom. The first-order valence-corrected chi connectivity index (χ1v) is 6.22. The van der Waals surface area contributed by atoms with E-state index in [1.165, 1.54) is 0 Å². The maximum Gasteiger partial charge on any atom is 0.0739 e. The highest BCUT2D eigenvalue weighted by Crippen LogP contribution is 2.29. The van der Waals surface area contributed by atoms with E-state index >= 15 is 0 Å². The van der Waals surface area contributed by atoms with E-state index in [4.69, 9.17) is 0 Å². The summed E-state index contributed by atoms with van der Waals surface area (Å²) in [6, 6.07) is 0. The molecular formula is C9H14BrN3S. The molecule has 0 aromatic carbocycles. The van der Waals surface area contributed by atoms with E-state index in [9.17, 15) is 0 Å². The SMILES string of the molecule is SCC1(n2cc(Br)cn2)CCNCC1. The van der Waals surface area contributed by atoms with Crippen molar-refractivity contribution in [3.63, 3.8) is 0 Å². The van der Waals surface area contributed by atoms with Gasteiger partial charge in [-0.05, 0) is 41.9 Å². The molecule has 1 aromatic rings. The summed E-state index contributed by atoms with van der Waals surface area (Å²) in [4.78, 5) is 0. The summed E-state index contributed by atoms with van der Waals surface area (Å²) in [6.07, 6.45) is 6.09. The van der Waals surface area contributed by atoms with Gasteiger partial charge in [-0.15, -0.1) is 0 Å². The predicted molar refractivity (Wildman–Crippen MR) is 63.9 cm³/mol. The van der Waals surface area contributed by atoms with Gasteiger partial charge in [0.15, 0.2) is 0 Å². The Balaban J connectivity index is 2.26. The van der Waals surface area contributed by atoms with Crippen LogP contribution in [0, 0.1) is 0 Å². The summed E-state index contributed by atoms with van der Waals surface area (Å²) in [6.45, 7) is 2.11. The van der Waals surface area contributed by atoms with Crippen LogP contribution in [-0.4, -0.2) is 28.6 Å². The van der Waals surface area contributed by atoms with Gasteiger partial charge >= 0.3 is 0 Å². The molecule has 2 heterocycles. The van der Waals surface area contributed by atoms with Crippen LogP contribution in [0.1, 0.15) is 12.8 Å². The molecule has 0 radical (unpaired) electrons. The number of nitrogens with one attached hydrogen (secondary N) is 1. The fourth-order valence-electron chi connectivity index (χ4n) is 1.91. The third kappa shape index (κ3) is 1.85. The van der Waals surface area contributed by atoms with Crippen molar-refractivity contribution >= 4 is 28.6 Å². The standard InChI is InChI=1S/C9H14BrN3S/c10-8-5-12-13(6-8)9(7-14)1-3-11-4-2-9/h5-6,11,14H,1-4,7H2. The van der Waals surface area contributed by atoms with Crippen molar-refractivity contribution in [1.82, 2.24) is 15.1 Å². The van der Waals surface area contributed by atoms with Crippen molar-refractivity contribution in [3.8, 4) is 0 Å². The summed E-state index contributed by atoms with van der Waals surface area (Å²) >= 11 is 7.89. The molecule has 2 rings (SSSR count). The van der Waals surface area contributed by atoms with Gasteiger partial charge < -0.3 is 5.32 Å². The lowest BCUT2D eigenvalue weighted by atomic mass is 9.90. The topological polar surface area (TPSA) is 29.9 Å². The fourth-order valence-corrected chi connectivity index (χ4v) is 2.66. The van der Waals surface area contributed by atoms with E-state index in [0.717, 1.165) is 36.2 Å². The minimum atomic E-state index is 0.111. The first kappa shape index (κ1) is 10.5. The normalized spacial score (nSPS) is 21.0. The van der Waals surface area contributed by atoms with Gasteiger partial charge in [0.2, 0.25) is 0 Å². The minimum absolute atomic E-state index is 0.111. The molecule has 0 unspecified atom stereocenters. The van der Waals surface area contributed by atoms with Crippen LogP contribution in [0.5, 0.6) is 0 Å². The Bertz CT molecular complexity index is 307. The van der Waals surface area contributed by atoms with Crippen molar-refractivity contribution in [2.24, 2.45) is 0 Å². The number of hydrogen-bond donors (Lipinski definition) is 2. The van der Waals surface area contributed by atoms with Gasteiger partial charge in [-0.2, -0.15) is 17.7 Å². The molecule has 1 aliphatic heterocycles. The lowest BCUT2D eigenvalue weighted by Crippen LogP contribution is -2.45. The zero-order valence-corrected chi connectivity index (χ0v) is 10.4. The smallest absolute Gasteiger partial charge is 0.0739 e. The molecule has 0 amide bonds. The Morgan fingerprint density at radius 1 is 1.57 bits per heavy atom. The van der Waals surface area contributed by atoms with Crippen LogP contribution in [0.4, 0.5) is 0 Å². The van der Waals surface area contributed by atoms with E-state index in [-0.39, 0.29) is 5.54 Å². The van der Waals surface area contributed by atoms with Crippen molar-refractivity contribution < 1.29 is 0 Å². The minimum Gasteiger partial charge on any atom is -0.317 e. The van der Waals surface area contributed by atoms with Crippen LogP contribution in [0.25, 0.3) is 0 Å². The maximum absolute atomic E-state index is 4.47. The van der Waals surface area contributed by atoms with Gasteiger partial charge in [-0.3, -0.25) is 4.68 Å². The van der Waals surface area contributed by atoms with E-state index < -0.39 is 0 Å². The first-order valence-electron chi connectivity index (χ1n) is 4.79. The predicted octanol–water partition coefficient (Wildman–Crippen LogP) is 1.65.